The summed E-state index contributed by atoms with van der Waals surface area (Å²) in [6.07, 6.45) is 0. The number of hydrogen-bond donors (Lipinski definition) is 0. The van der Waals surface area contributed by atoms with Crippen molar-refractivity contribution in [3.05, 3.63) is 60.2 Å². The fraction of sp³-hybridized carbons (Fsp3) is 0.118. The minimum atomic E-state index is 0.104. The summed E-state index contributed by atoms with van der Waals surface area (Å²) in [7, 11) is 0. The molecule has 0 saturated carbocycles. The van der Waals surface area contributed by atoms with Crippen molar-refractivity contribution in [2.75, 3.05) is 5.75 Å². The Labute approximate surface area is 118 Å². The first-order valence-corrected chi connectivity index (χ1v) is 7.02. The molecule has 0 aromatic heterocycles. The Balaban J connectivity index is 2.14. The molecule has 2 rings (SSSR count). The standard InChI is InChI=1S/C17H14OS/c1-14(18)19-12-6-8-15-7-5-11-17(13-15)16-9-3-2-4-10-16/h2-5,7,9-11,13H,12H2,1H3. The van der Waals surface area contributed by atoms with Gasteiger partial charge in [0.05, 0.1) is 5.75 Å². The average molecular weight is 266 g/mol. The van der Waals surface area contributed by atoms with E-state index in [4.69, 9.17) is 0 Å². The lowest BCUT2D eigenvalue weighted by Gasteiger charge is -2.01. The van der Waals surface area contributed by atoms with Crippen molar-refractivity contribution in [1.29, 1.82) is 0 Å². The van der Waals surface area contributed by atoms with Crippen molar-refractivity contribution < 1.29 is 4.79 Å². The normalized spacial score (nSPS) is 9.53. The van der Waals surface area contributed by atoms with Crippen molar-refractivity contribution in [2.24, 2.45) is 0 Å². The summed E-state index contributed by atoms with van der Waals surface area (Å²) >= 11 is 1.24. The highest BCUT2D eigenvalue weighted by molar-refractivity contribution is 8.13. The van der Waals surface area contributed by atoms with Crippen LogP contribution in [0.2, 0.25) is 0 Å². The third-order valence-corrected chi connectivity index (χ3v) is 3.25. The molecule has 0 heterocycles. The molecule has 19 heavy (non-hydrogen) atoms. The van der Waals surface area contributed by atoms with E-state index in [0.29, 0.717) is 5.75 Å². The van der Waals surface area contributed by atoms with Crippen molar-refractivity contribution in [3.63, 3.8) is 0 Å². The highest BCUT2D eigenvalue weighted by Gasteiger charge is 1.96. The topological polar surface area (TPSA) is 17.1 Å². The number of carbonyl (C=O) groups is 1. The van der Waals surface area contributed by atoms with Crippen molar-refractivity contribution in [3.8, 4) is 23.0 Å². The Bertz CT molecular complexity index is 620. The first-order chi connectivity index (χ1) is 9.25. The lowest BCUT2D eigenvalue weighted by molar-refractivity contribution is -0.109. The number of hydrogen-bond acceptors (Lipinski definition) is 2. The molecule has 0 unspecified atom stereocenters. The smallest absolute Gasteiger partial charge is 0.186 e. The van der Waals surface area contributed by atoms with Gasteiger partial charge in [-0.1, -0.05) is 66.1 Å². The van der Waals surface area contributed by atoms with E-state index in [1.165, 1.54) is 17.3 Å². The van der Waals surface area contributed by atoms with E-state index in [1.807, 2.05) is 30.3 Å². The zero-order valence-corrected chi connectivity index (χ0v) is 11.5. The van der Waals surface area contributed by atoms with Gasteiger partial charge in [-0.25, -0.2) is 0 Å². The van der Waals surface area contributed by atoms with E-state index in [-0.39, 0.29) is 5.12 Å². The Morgan fingerprint density at radius 1 is 1.05 bits per heavy atom. The van der Waals surface area contributed by atoms with Crippen molar-refractivity contribution in [2.45, 2.75) is 6.92 Å². The van der Waals surface area contributed by atoms with Crippen LogP contribution in [0.3, 0.4) is 0 Å². The predicted octanol–water partition coefficient (Wildman–Crippen LogP) is 3.98. The minimum Gasteiger partial charge on any atom is -0.288 e. The molecule has 1 nitrogen and oxygen atoms in total. The van der Waals surface area contributed by atoms with E-state index in [0.717, 1.165) is 11.1 Å². The van der Waals surface area contributed by atoms with Crippen LogP contribution < -0.4 is 0 Å². The van der Waals surface area contributed by atoms with Crippen LogP contribution in [0.5, 0.6) is 0 Å². The fourth-order valence-electron chi connectivity index (χ4n) is 1.68. The van der Waals surface area contributed by atoms with E-state index in [1.54, 1.807) is 6.92 Å². The largest absolute Gasteiger partial charge is 0.288 e. The molecule has 0 bridgehead atoms. The maximum atomic E-state index is 10.8. The van der Waals surface area contributed by atoms with Gasteiger partial charge in [-0.2, -0.15) is 0 Å². The zero-order chi connectivity index (χ0) is 13.5. The second kappa shape index (κ2) is 6.82. The molecule has 0 aliphatic carbocycles. The van der Waals surface area contributed by atoms with Crippen LogP contribution in [0.1, 0.15) is 12.5 Å². The van der Waals surface area contributed by atoms with Gasteiger partial charge in [0.1, 0.15) is 0 Å². The lowest BCUT2D eigenvalue weighted by atomic mass is 10.0. The molecule has 2 heteroatoms. The van der Waals surface area contributed by atoms with Gasteiger partial charge in [-0.3, -0.25) is 4.79 Å². The SMILES string of the molecule is CC(=O)SCC#Cc1cccc(-c2ccccc2)c1. The predicted molar refractivity (Wildman–Crippen MR) is 81.9 cm³/mol. The van der Waals surface area contributed by atoms with Crippen molar-refractivity contribution >= 4 is 16.9 Å². The Morgan fingerprint density at radius 2 is 1.79 bits per heavy atom. The summed E-state index contributed by atoms with van der Waals surface area (Å²) in [5, 5.41) is 0.104. The third kappa shape index (κ3) is 4.31. The highest BCUT2D eigenvalue weighted by Crippen LogP contribution is 2.19. The van der Waals surface area contributed by atoms with Crippen LogP contribution in [-0.4, -0.2) is 10.9 Å². The van der Waals surface area contributed by atoms with Gasteiger partial charge in [0.15, 0.2) is 5.12 Å². The first-order valence-electron chi connectivity index (χ1n) is 6.03. The summed E-state index contributed by atoms with van der Waals surface area (Å²) in [6, 6.07) is 18.4. The van der Waals surface area contributed by atoms with Gasteiger partial charge < -0.3 is 0 Å². The van der Waals surface area contributed by atoms with Gasteiger partial charge in [-0.15, -0.1) is 0 Å². The van der Waals surface area contributed by atoms with Crippen LogP contribution in [0.15, 0.2) is 54.6 Å². The second-order valence-corrected chi connectivity index (χ2v) is 5.18. The lowest BCUT2D eigenvalue weighted by Crippen LogP contribution is -1.83. The average Bonchev–Trinajstić information content (AvgIpc) is 2.45. The third-order valence-electron chi connectivity index (χ3n) is 2.55. The Morgan fingerprint density at radius 3 is 2.53 bits per heavy atom. The molecular weight excluding hydrogens is 252 g/mol. The number of rotatable bonds is 2. The molecule has 0 radical (unpaired) electrons. The summed E-state index contributed by atoms with van der Waals surface area (Å²) < 4.78 is 0. The first kappa shape index (κ1) is 13.5. The molecule has 0 amide bonds. The van der Waals surface area contributed by atoms with Crippen LogP contribution in [0.4, 0.5) is 0 Å². The fourth-order valence-corrected chi connectivity index (χ4v) is 2.03. The van der Waals surface area contributed by atoms with Crippen LogP contribution in [0.25, 0.3) is 11.1 Å². The summed E-state index contributed by atoms with van der Waals surface area (Å²) in [5.74, 6) is 6.64. The molecule has 0 aliphatic heterocycles. The maximum Gasteiger partial charge on any atom is 0.186 e. The molecule has 0 saturated heterocycles. The van der Waals surface area contributed by atoms with Gasteiger partial charge >= 0.3 is 0 Å². The van der Waals surface area contributed by atoms with E-state index in [9.17, 15) is 4.79 Å². The maximum absolute atomic E-state index is 10.8. The van der Waals surface area contributed by atoms with E-state index in [2.05, 4.69) is 36.1 Å². The molecule has 2 aromatic carbocycles. The molecule has 2 aromatic rings. The monoisotopic (exact) mass is 266 g/mol. The highest BCUT2D eigenvalue weighted by atomic mass is 32.2. The summed E-state index contributed by atoms with van der Waals surface area (Å²) in [5.41, 5.74) is 3.32. The van der Waals surface area contributed by atoms with Crippen molar-refractivity contribution in [1.82, 2.24) is 0 Å². The Kier molecular flexibility index (Phi) is 4.83. The van der Waals surface area contributed by atoms with Gasteiger partial charge in [0.25, 0.3) is 0 Å². The number of benzene rings is 2. The minimum absolute atomic E-state index is 0.104. The van der Waals surface area contributed by atoms with Crippen LogP contribution in [-0.2, 0) is 4.79 Å². The van der Waals surface area contributed by atoms with E-state index >= 15 is 0 Å². The molecule has 0 atom stereocenters. The molecule has 0 aliphatic rings. The van der Waals surface area contributed by atoms with Gasteiger partial charge in [0, 0.05) is 12.5 Å². The van der Waals surface area contributed by atoms with E-state index < -0.39 is 0 Å². The molecule has 0 fully saturated rings. The molecular formula is C17H14OS. The summed E-state index contributed by atoms with van der Waals surface area (Å²) in [6.45, 7) is 1.56. The van der Waals surface area contributed by atoms with Gasteiger partial charge in [-0.05, 0) is 23.3 Å². The number of carbonyl (C=O) groups excluding carboxylic acids is 1. The summed E-state index contributed by atoms with van der Waals surface area (Å²) in [4.78, 5) is 10.8. The van der Waals surface area contributed by atoms with Gasteiger partial charge in [0.2, 0.25) is 0 Å². The zero-order valence-electron chi connectivity index (χ0n) is 10.7. The molecule has 0 N–H and O–H groups in total. The Hall–Kier alpha value is -1.98. The molecule has 94 valence electrons. The van der Waals surface area contributed by atoms with Crippen LogP contribution in [0, 0.1) is 11.8 Å². The molecule has 0 spiro atoms. The quantitative estimate of drug-likeness (QED) is 0.765. The second-order valence-electron chi connectivity index (χ2n) is 4.03. The number of thioether (sulfide) groups is 1. The van der Waals surface area contributed by atoms with Crippen LogP contribution >= 0.6 is 11.8 Å².